The maximum absolute atomic E-state index is 13.7. The molecule has 2 amide bonds. The fraction of sp³-hybridized carbons (Fsp3) is 0.500. The monoisotopic (exact) mass is 533 g/mol. The van der Waals surface area contributed by atoms with Gasteiger partial charge in [0.2, 0.25) is 21.8 Å². The minimum absolute atomic E-state index is 0.0411. The molecule has 2 rings (SSSR count). The van der Waals surface area contributed by atoms with E-state index >= 15 is 0 Å². The van der Waals surface area contributed by atoms with Crippen LogP contribution in [0.4, 0.5) is 10.1 Å². The van der Waals surface area contributed by atoms with Crippen LogP contribution in [0.15, 0.2) is 48.5 Å². The Bertz CT molecular complexity index is 1140. The Hall–Kier alpha value is -2.94. The second-order valence-electron chi connectivity index (χ2n) is 10.3. The minimum atomic E-state index is -3.81. The normalized spacial score (nSPS) is 12.6. The minimum Gasteiger partial charge on any atom is -0.354 e. The fourth-order valence-corrected chi connectivity index (χ4v) is 4.80. The van der Waals surface area contributed by atoms with Crippen molar-refractivity contribution < 1.29 is 22.4 Å². The molecule has 9 heteroatoms. The largest absolute Gasteiger partial charge is 0.354 e. The second kappa shape index (κ2) is 13.0. The number of rotatable bonds is 12. The van der Waals surface area contributed by atoms with Gasteiger partial charge in [-0.15, -0.1) is 0 Å². The van der Waals surface area contributed by atoms with Crippen molar-refractivity contribution in [1.82, 2.24) is 10.2 Å². The van der Waals surface area contributed by atoms with Crippen molar-refractivity contribution in [3.05, 3.63) is 65.5 Å². The third kappa shape index (κ3) is 8.84. The third-order valence-electron chi connectivity index (χ3n) is 6.18. The molecule has 0 radical (unpaired) electrons. The molecule has 0 saturated carbocycles. The van der Waals surface area contributed by atoms with Gasteiger partial charge in [-0.25, -0.2) is 12.8 Å². The summed E-state index contributed by atoms with van der Waals surface area (Å²) in [7, 11) is -3.81. The van der Waals surface area contributed by atoms with E-state index < -0.39 is 34.3 Å². The van der Waals surface area contributed by atoms with Crippen LogP contribution in [0.1, 0.15) is 65.0 Å². The zero-order valence-electron chi connectivity index (χ0n) is 22.8. The molecule has 2 aromatic rings. The van der Waals surface area contributed by atoms with Gasteiger partial charge in [0.05, 0.1) is 11.9 Å². The van der Waals surface area contributed by atoms with Gasteiger partial charge in [0.1, 0.15) is 18.4 Å². The molecule has 2 aromatic carbocycles. The molecule has 7 nitrogen and oxygen atoms in total. The highest BCUT2D eigenvalue weighted by Crippen LogP contribution is 2.26. The van der Waals surface area contributed by atoms with Crippen molar-refractivity contribution in [3.8, 4) is 0 Å². The van der Waals surface area contributed by atoms with Gasteiger partial charge >= 0.3 is 0 Å². The van der Waals surface area contributed by atoms with E-state index in [1.165, 1.54) is 17.0 Å². The lowest BCUT2D eigenvalue weighted by Crippen LogP contribution is -2.52. The van der Waals surface area contributed by atoms with Crippen LogP contribution in [0, 0.1) is 5.82 Å². The topological polar surface area (TPSA) is 86.8 Å². The first kappa shape index (κ1) is 30.3. The number of nitrogens with one attached hydrogen (secondary N) is 1. The molecule has 0 spiro atoms. The Morgan fingerprint density at radius 2 is 1.59 bits per heavy atom. The molecule has 204 valence electrons. The zero-order valence-corrected chi connectivity index (χ0v) is 23.6. The first-order valence-corrected chi connectivity index (χ1v) is 14.5. The fourth-order valence-electron chi connectivity index (χ4n) is 3.95. The van der Waals surface area contributed by atoms with Crippen molar-refractivity contribution >= 4 is 27.5 Å². The molecule has 37 heavy (non-hydrogen) atoms. The summed E-state index contributed by atoms with van der Waals surface area (Å²) in [6.07, 6.45) is 3.11. The first-order valence-electron chi connectivity index (χ1n) is 12.7. The summed E-state index contributed by atoms with van der Waals surface area (Å²) in [6.45, 7) is 10.1. The Morgan fingerprint density at radius 1 is 1.00 bits per heavy atom. The van der Waals surface area contributed by atoms with Crippen LogP contribution in [0.5, 0.6) is 0 Å². The number of benzene rings is 2. The number of unbranched alkanes of at least 4 members (excludes halogenated alkanes) is 1. The van der Waals surface area contributed by atoms with Gasteiger partial charge in [-0.1, -0.05) is 65.3 Å². The van der Waals surface area contributed by atoms with Gasteiger partial charge in [-0.05, 0) is 53.6 Å². The van der Waals surface area contributed by atoms with Crippen molar-refractivity contribution in [2.75, 3.05) is 23.7 Å². The van der Waals surface area contributed by atoms with Crippen LogP contribution in [0.3, 0.4) is 0 Å². The maximum Gasteiger partial charge on any atom is 0.244 e. The summed E-state index contributed by atoms with van der Waals surface area (Å²) in [4.78, 5) is 28.1. The van der Waals surface area contributed by atoms with Gasteiger partial charge in [0, 0.05) is 13.1 Å². The predicted octanol–water partition coefficient (Wildman–Crippen LogP) is 4.61. The number of sulfonamides is 1. The molecule has 0 aliphatic rings. The summed E-state index contributed by atoms with van der Waals surface area (Å²) in [6, 6.07) is 12.0. The lowest BCUT2D eigenvalue weighted by atomic mass is 9.87. The molecule has 0 aliphatic heterocycles. The molecule has 0 bridgehead atoms. The van der Waals surface area contributed by atoms with Crippen LogP contribution in [0.25, 0.3) is 0 Å². The number of carbonyl (C=O) groups is 2. The van der Waals surface area contributed by atoms with Crippen LogP contribution < -0.4 is 9.62 Å². The van der Waals surface area contributed by atoms with E-state index in [-0.39, 0.29) is 17.9 Å². The average Bonchev–Trinajstić information content (AvgIpc) is 2.82. The summed E-state index contributed by atoms with van der Waals surface area (Å²) in [5, 5.41) is 2.88. The lowest BCUT2D eigenvalue weighted by Gasteiger charge is -2.33. The summed E-state index contributed by atoms with van der Waals surface area (Å²) in [5.41, 5.74) is 1.92. The van der Waals surface area contributed by atoms with Crippen LogP contribution in [0.2, 0.25) is 0 Å². The number of amides is 2. The molecule has 0 aromatic heterocycles. The Labute approximate surface area is 221 Å². The Balaban J connectivity index is 2.40. The quantitative estimate of drug-likeness (QED) is 0.404. The Kier molecular flexibility index (Phi) is 10.7. The van der Waals surface area contributed by atoms with Gasteiger partial charge < -0.3 is 10.2 Å². The standard InChI is InChI=1S/C28H40FN3O4S/c1-7-9-18-30-27(34)25(8-2)31(19-21-10-14-23(29)15-11-21)26(33)20-32(37(6,35)36)24-16-12-22(13-17-24)28(3,4)5/h10-17,25H,7-9,18-20H2,1-6H3,(H,30,34)/t25-/m1/s1. The average molecular weight is 534 g/mol. The van der Waals surface area contributed by atoms with Crippen molar-refractivity contribution in [2.45, 2.75) is 71.9 Å². The number of anilines is 1. The van der Waals surface area contributed by atoms with Crippen molar-refractivity contribution in [3.63, 3.8) is 0 Å². The molecule has 0 unspecified atom stereocenters. The van der Waals surface area contributed by atoms with E-state index in [0.717, 1.165) is 29.0 Å². The van der Waals surface area contributed by atoms with Gasteiger partial charge in [0.15, 0.2) is 0 Å². The highest BCUT2D eigenvalue weighted by Gasteiger charge is 2.31. The zero-order chi connectivity index (χ0) is 27.8. The molecule has 0 saturated heterocycles. The predicted molar refractivity (Wildman–Crippen MR) is 146 cm³/mol. The number of hydrogen-bond acceptors (Lipinski definition) is 4. The van der Waals surface area contributed by atoms with Gasteiger partial charge in [-0.2, -0.15) is 0 Å². The molecular formula is C28H40FN3O4S. The van der Waals surface area contributed by atoms with E-state index in [1.54, 1.807) is 31.2 Å². The van der Waals surface area contributed by atoms with E-state index in [1.807, 2.05) is 19.1 Å². The van der Waals surface area contributed by atoms with Crippen molar-refractivity contribution in [1.29, 1.82) is 0 Å². The SMILES string of the molecule is CCCCNC(=O)[C@@H](CC)N(Cc1ccc(F)cc1)C(=O)CN(c1ccc(C(C)(C)C)cc1)S(C)(=O)=O. The van der Waals surface area contributed by atoms with Crippen LogP contribution in [-0.4, -0.2) is 50.5 Å². The molecular weight excluding hydrogens is 493 g/mol. The number of halogens is 1. The first-order chi connectivity index (χ1) is 17.3. The molecule has 1 N–H and O–H groups in total. The van der Waals surface area contributed by atoms with Crippen LogP contribution >= 0.6 is 0 Å². The van der Waals surface area contributed by atoms with Crippen molar-refractivity contribution in [2.24, 2.45) is 0 Å². The highest BCUT2D eigenvalue weighted by molar-refractivity contribution is 7.92. The number of nitrogens with zero attached hydrogens (tertiary/aromatic N) is 2. The molecule has 0 heterocycles. The summed E-state index contributed by atoms with van der Waals surface area (Å²) >= 11 is 0. The maximum atomic E-state index is 13.7. The summed E-state index contributed by atoms with van der Waals surface area (Å²) in [5.74, 6) is -1.23. The number of hydrogen-bond donors (Lipinski definition) is 1. The smallest absolute Gasteiger partial charge is 0.244 e. The highest BCUT2D eigenvalue weighted by atomic mass is 32.2. The van der Waals surface area contributed by atoms with Gasteiger partial charge in [-0.3, -0.25) is 13.9 Å². The third-order valence-corrected chi connectivity index (χ3v) is 7.32. The number of carbonyl (C=O) groups excluding carboxylic acids is 2. The second-order valence-corrected chi connectivity index (χ2v) is 12.2. The van der Waals surface area contributed by atoms with E-state index in [2.05, 4.69) is 26.1 Å². The Morgan fingerprint density at radius 3 is 2.08 bits per heavy atom. The molecule has 0 aliphatic carbocycles. The lowest BCUT2D eigenvalue weighted by molar-refractivity contribution is -0.140. The van der Waals surface area contributed by atoms with E-state index in [9.17, 15) is 22.4 Å². The van der Waals surface area contributed by atoms with E-state index in [4.69, 9.17) is 0 Å². The van der Waals surface area contributed by atoms with E-state index in [0.29, 0.717) is 24.2 Å². The summed E-state index contributed by atoms with van der Waals surface area (Å²) < 4.78 is 40.0. The van der Waals surface area contributed by atoms with Crippen LogP contribution in [-0.2, 0) is 31.6 Å². The van der Waals surface area contributed by atoms with Gasteiger partial charge in [0.25, 0.3) is 0 Å². The molecule has 1 atom stereocenters. The molecule has 0 fully saturated rings.